The second kappa shape index (κ2) is 6.06. The van der Waals surface area contributed by atoms with E-state index in [1.54, 1.807) is 0 Å². The molecule has 2 rings (SSSR count). The lowest BCUT2D eigenvalue weighted by Crippen LogP contribution is -2.37. The lowest BCUT2D eigenvalue weighted by Gasteiger charge is -2.12. The SMILES string of the molecule is C[C@H](NC(=O)Nc1ccn(CCN(C)C)n1)C1CC1. The Morgan fingerprint density at radius 1 is 1.58 bits per heavy atom. The van der Waals surface area contributed by atoms with Gasteiger partial charge in [0, 0.05) is 24.8 Å². The minimum Gasteiger partial charge on any atom is -0.335 e. The molecule has 6 heteroatoms. The average Bonchev–Trinajstić information content (AvgIpc) is 3.09. The van der Waals surface area contributed by atoms with Crippen LogP contribution in [0, 0.1) is 5.92 Å². The van der Waals surface area contributed by atoms with E-state index in [0.29, 0.717) is 11.7 Å². The van der Waals surface area contributed by atoms with E-state index in [4.69, 9.17) is 0 Å². The minimum absolute atomic E-state index is 0.169. The van der Waals surface area contributed by atoms with Crippen LogP contribution in [-0.4, -0.2) is 47.4 Å². The summed E-state index contributed by atoms with van der Waals surface area (Å²) >= 11 is 0. The third-order valence-corrected chi connectivity index (χ3v) is 3.35. The van der Waals surface area contributed by atoms with E-state index < -0.39 is 0 Å². The Morgan fingerprint density at radius 3 is 2.95 bits per heavy atom. The third kappa shape index (κ3) is 4.55. The standard InChI is InChI=1S/C13H23N5O/c1-10(11-4-5-11)14-13(19)15-12-6-7-18(16-12)9-8-17(2)3/h6-7,10-11H,4-5,8-9H2,1-3H3,(H2,14,15,16,19)/t10-/m0/s1. The van der Waals surface area contributed by atoms with Crippen LogP contribution in [-0.2, 0) is 6.54 Å². The van der Waals surface area contributed by atoms with Gasteiger partial charge in [-0.15, -0.1) is 0 Å². The van der Waals surface area contributed by atoms with Gasteiger partial charge in [0.15, 0.2) is 5.82 Å². The highest BCUT2D eigenvalue weighted by Crippen LogP contribution is 2.32. The van der Waals surface area contributed by atoms with Crippen LogP contribution in [0.4, 0.5) is 10.6 Å². The van der Waals surface area contributed by atoms with Crippen molar-refractivity contribution < 1.29 is 4.79 Å². The molecule has 1 aromatic rings. The molecule has 19 heavy (non-hydrogen) atoms. The quantitative estimate of drug-likeness (QED) is 0.816. The van der Waals surface area contributed by atoms with Crippen LogP contribution in [0.3, 0.4) is 0 Å². The van der Waals surface area contributed by atoms with Gasteiger partial charge in [0.1, 0.15) is 0 Å². The molecule has 0 radical (unpaired) electrons. The summed E-state index contributed by atoms with van der Waals surface area (Å²) < 4.78 is 1.83. The third-order valence-electron chi connectivity index (χ3n) is 3.35. The summed E-state index contributed by atoms with van der Waals surface area (Å²) in [5, 5.41) is 10.0. The molecule has 1 fully saturated rings. The lowest BCUT2D eigenvalue weighted by atomic mass is 10.2. The van der Waals surface area contributed by atoms with Crippen molar-refractivity contribution in [2.45, 2.75) is 32.4 Å². The van der Waals surface area contributed by atoms with Crippen molar-refractivity contribution in [3.8, 4) is 0 Å². The Labute approximate surface area is 114 Å². The van der Waals surface area contributed by atoms with Gasteiger partial charge >= 0.3 is 6.03 Å². The van der Waals surface area contributed by atoms with E-state index in [1.165, 1.54) is 12.8 Å². The molecule has 1 heterocycles. The number of likely N-dealkylation sites (N-methyl/N-ethyl adjacent to an activating group) is 1. The Morgan fingerprint density at radius 2 is 2.32 bits per heavy atom. The molecular weight excluding hydrogens is 242 g/mol. The zero-order valence-corrected chi connectivity index (χ0v) is 11.9. The molecule has 6 nitrogen and oxygen atoms in total. The molecule has 0 spiro atoms. The molecule has 0 unspecified atom stereocenters. The summed E-state index contributed by atoms with van der Waals surface area (Å²) in [4.78, 5) is 13.8. The van der Waals surface area contributed by atoms with Crippen molar-refractivity contribution in [1.82, 2.24) is 20.0 Å². The fourth-order valence-corrected chi connectivity index (χ4v) is 1.93. The fourth-order valence-electron chi connectivity index (χ4n) is 1.93. The molecule has 106 valence electrons. The number of aromatic nitrogens is 2. The van der Waals surface area contributed by atoms with Crippen LogP contribution in [0.2, 0.25) is 0 Å². The topological polar surface area (TPSA) is 62.2 Å². The molecule has 0 bridgehead atoms. The van der Waals surface area contributed by atoms with Gasteiger partial charge in [-0.3, -0.25) is 10.00 Å². The van der Waals surface area contributed by atoms with E-state index in [2.05, 4.69) is 20.6 Å². The van der Waals surface area contributed by atoms with Gasteiger partial charge in [-0.25, -0.2) is 4.79 Å². The van der Waals surface area contributed by atoms with Crippen molar-refractivity contribution in [2.24, 2.45) is 5.92 Å². The number of urea groups is 1. The van der Waals surface area contributed by atoms with Gasteiger partial charge in [-0.2, -0.15) is 5.10 Å². The zero-order valence-electron chi connectivity index (χ0n) is 11.9. The number of nitrogens with zero attached hydrogens (tertiary/aromatic N) is 3. The first-order valence-corrected chi connectivity index (χ1v) is 6.80. The van der Waals surface area contributed by atoms with Crippen LogP contribution in [0.15, 0.2) is 12.3 Å². The molecule has 2 N–H and O–H groups in total. The van der Waals surface area contributed by atoms with E-state index in [9.17, 15) is 4.79 Å². The normalized spacial score (nSPS) is 16.4. The monoisotopic (exact) mass is 265 g/mol. The number of hydrogen-bond acceptors (Lipinski definition) is 3. The van der Waals surface area contributed by atoms with E-state index >= 15 is 0 Å². The summed E-state index contributed by atoms with van der Waals surface area (Å²) in [7, 11) is 4.05. The second-order valence-electron chi connectivity index (χ2n) is 5.49. The second-order valence-corrected chi connectivity index (χ2v) is 5.49. The first-order chi connectivity index (χ1) is 9.04. The number of anilines is 1. The lowest BCUT2D eigenvalue weighted by molar-refractivity contribution is 0.248. The highest BCUT2D eigenvalue weighted by Gasteiger charge is 2.28. The van der Waals surface area contributed by atoms with Crippen molar-refractivity contribution in [3.05, 3.63) is 12.3 Å². The van der Waals surface area contributed by atoms with E-state index in [0.717, 1.165) is 13.1 Å². The minimum atomic E-state index is -0.169. The molecule has 2 amide bonds. The average molecular weight is 265 g/mol. The summed E-state index contributed by atoms with van der Waals surface area (Å²) in [6, 6.07) is 1.89. The fraction of sp³-hybridized carbons (Fsp3) is 0.692. The molecule has 1 atom stereocenters. The maximum Gasteiger partial charge on any atom is 0.320 e. The highest BCUT2D eigenvalue weighted by atomic mass is 16.2. The number of rotatable bonds is 6. The van der Waals surface area contributed by atoms with Gasteiger partial charge in [-0.1, -0.05) is 0 Å². The number of nitrogens with one attached hydrogen (secondary N) is 2. The molecule has 1 saturated carbocycles. The molecule has 0 aliphatic heterocycles. The van der Waals surface area contributed by atoms with Crippen LogP contribution in [0.5, 0.6) is 0 Å². The number of carbonyl (C=O) groups excluding carboxylic acids is 1. The first-order valence-electron chi connectivity index (χ1n) is 6.80. The van der Waals surface area contributed by atoms with Crippen molar-refractivity contribution >= 4 is 11.8 Å². The Kier molecular flexibility index (Phi) is 4.42. The predicted octanol–water partition coefficient (Wildman–Crippen LogP) is 1.36. The van der Waals surface area contributed by atoms with Crippen LogP contribution in [0.25, 0.3) is 0 Å². The summed E-state index contributed by atoms with van der Waals surface area (Å²) in [5.41, 5.74) is 0. The van der Waals surface area contributed by atoms with Gasteiger partial charge in [0.2, 0.25) is 0 Å². The van der Waals surface area contributed by atoms with Crippen molar-refractivity contribution in [2.75, 3.05) is 26.0 Å². The largest absolute Gasteiger partial charge is 0.335 e. The van der Waals surface area contributed by atoms with Crippen molar-refractivity contribution in [3.63, 3.8) is 0 Å². The maximum absolute atomic E-state index is 11.8. The van der Waals surface area contributed by atoms with Gasteiger partial charge in [0.25, 0.3) is 0 Å². The molecule has 1 aliphatic carbocycles. The summed E-state index contributed by atoms with van der Waals surface area (Å²) in [6.45, 7) is 3.79. The number of carbonyl (C=O) groups is 1. The summed E-state index contributed by atoms with van der Waals surface area (Å²) in [6.07, 6.45) is 4.32. The Balaban J connectivity index is 1.76. The van der Waals surface area contributed by atoms with E-state index in [1.807, 2.05) is 38.0 Å². The van der Waals surface area contributed by atoms with Crippen LogP contribution >= 0.6 is 0 Å². The van der Waals surface area contributed by atoms with Crippen LogP contribution in [0.1, 0.15) is 19.8 Å². The van der Waals surface area contributed by atoms with Crippen molar-refractivity contribution in [1.29, 1.82) is 0 Å². The molecule has 0 saturated heterocycles. The van der Waals surface area contributed by atoms with Gasteiger partial charge < -0.3 is 10.2 Å². The smallest absolute Gasteiger partial charge is 0.320 e. The molecule has 1 aromatic heterocycles. The number of amides is 2. The highest BCUT2D eigenvalue weighted by molar-refractivity contribution is 5.88. The first kappa shape index (κ1) is 13.9. The Hall–Kier alpha value is -1.56. The number of hydrogen-bond donors (Lipinski definition) is 2. The van der Waals surface area contributed by atoms with E-state index in [-0.39, 0.29) is 12.1 Å². The zero-order chi connectivity index (χ0) is 13.8. The molecule has 0 aromatic carbocycles. The molecule has 1 aliphatic rings. The molecular formula is C13H23N5O. The summed E-state index contributed by atoms with van der Waals surface area (Å²) in [5.74, 6) is 1.25. The predicted molar refractivity (Wildman–Crippen MR) is 75.1 cm³/mol. The Bertz CT molecular complexity index is 424. The van der Waals surface area contributed by atoms with Crippen LogP contribution < -0.4 is 10.6 Å². The maximum atomic E-state index is 11.8. The van der Waals surface area contributed by atoms with Gasteiger partial charge in [-0.05, 0) is 39.8 Å². The van der Waals surface area contributed by atoms with Gasteiger partial charge in [0.05, 0.1) is 6.54 Å².